The molecular weight excluding hydrogens is 350 g/mol. The number of nitro benzene ring substituents is 1. The lowest BCUT2D eigenvalue weighted by Gasteiger charge is -2.23. The maximum absolute atomic E-state index is 12.8. The second kappa shape index (κ2) is 12.0. The summed E-state index contributed by atoms with van der Waals surface area (Å²) < 4.78 is 4.66. The molecule has 0 aliphatic rings. The number of hydrogen-bond donors (Lipinski definition) is 0. The summed E-state index contributed by atoms with van der Waals surface area (Å²) in [5.74, 6) is -0.615. The van der Waals surface area contributed by atoms with Crippen molar-refractivity contribution < 1.29 is 19.2 Å². The van der Waals surface area contributed by atoms with Gasteiger partial charge in [-0.25, -0.2) is 0 Å². The molecule has 0 radical (unpaired) electrons. The maximum Gasteiger partial charge on any atom is 0.307 e. The number of hydrogen-bond acceptors (Lipinski definition) is 6. The quantitative estimate of drug-likeness (QED) is 0.240. The van der Waals surface area contributed by atoms with Gasteiger partial charge in [0.1, 0.15) is 0 Å². The molecule has 1 amide bonds. The Morgan fingerprint density at radius 1 is 1.04 bits per heavy atom. The van der Waals surface area contributed by atoms with Crippen LogP contribution in [0.4, 0.5) is 5.69 Å². The Morgan fingerprint density at radius 3 is 2.15 bits per heavy atom. The average molecular weight is 379 g/mol. The number of nitro groups is 1. The number of carbonyl (C=O) groups is 2. The molecule has 1 aromatic rings. The van der Waals surface area contributed by atoms with Crippen molar-refractivity contribution in [3.63, 3.8) is 0 Å². The van der Waals surface area contributed by atoms with Gasteiger partial charge in [0.2, 0.25) is 0 Å². The zero-order valence-corrected chi connectivity index (χ0v) is 16.3. The summed E-state index contributed by atoms with van der Waals surface area (Å²) in [6, 6.07) is 5.52. The zero-order chi connectivity index (χ0) is 20.2. The van der Waals surface area contributed by atoms with E-state index in [1.807, 2.05) is 0 Å². The van der Waals surface area contributed by atoms with Crippen LogP contribution in [0.15, 0.2) is 24.3 Å². The van der Waals surface area contributed by atoms with Crippen LogP contribution in [0.5, 0.6) is 0 Å². The van der Waals surface area contributed by atoms with Crippen LogP contribution < -0.4 is 0 Å². The number of methoxy groups -OCH3 is 1. The summed E-state index contributed by atoms with van der Waals surface area (Å²) in [5.41, 5.74) is 0.307. The Hall–Kier alpha value is -2.48. The molecule has 1 rings (SSSR count). The molecule has 0 aliphatic carbocycles. The number of carbonyl (C=O) groups excluding carboxylic acids is 2. The molecule has 8 heteroatoms. The molecule has 27 heavy (non-hydrogen) atoms. The van der Waals surface area contributed by atoms with E-state index in [1.54, 1.807) is 4.90 Å². The van der Waals surface area contributed by atoms with E-state index in [4.69, 9.17) is 0 Å². The molecule has 0 heterocycles. The molecule has 0 fully saturated rings. The van der Waals surface area contributed by atoms with Crippen molar-refractivity contribution in [2.24, 2.45) is 0 Å². The lowest BCUT2D eigenvalue weighted by atomic mass is 10.1. The highest BCUT2D eigenvalue weighted by molar-refractivity contribution is 5.94. The Balaban J connectivity index is 2.72. The van der Waals surface area contributed by atoms with Crippen molar-refractivity contribution in [1.82, 2.24) is 9.80 Å². The van der Waals surface area contributed by atoms with E-state index >= 15 is 0 Å². The molecule has 0 saturated heterocycles. The molecule has 150 valence electrons. The van der Waals surface area contributed by atoms with Gasteiger partial charge in [-0.15, -0.1) is 0 Å². The Labute approximate surface area is 160 Å². The van der Waals surface area contributed by atoms with E-state index in [9.17, 15) is 19.7 Å². The molecule has 0 N–H and O–H groups in total. The van der Waals surface area contributed by atoms with Crippen molar-refractivity contribution in [1.29, 1.82) is 0 Å². The molecule has 0 bridgehead atoms. The van der Waals surface area contributed by atoms with Crippen molar-refractivity contribution in [2.75, 3.05) is 39.8 Å². The van der Waals surface area contributed by atoms with Crippen LogP contribution in [0, 0.1) is 10.1 Å². The van der Waals surface area contributed by atoms with Crippen molar-refractivity contribution in [2.45, 2.75) is 33.1 Å². The van der Waals surface area contributed by atoms with E-state index in [1.165, 1.54) is 31.4 Å². The number of rotatable bonds is 12. The number of ether oxygens (including phenoxy) is 1. The maximum atomic E-state index is 12.8. The Morgan fingerprint density at radius 2 is 1.63 bits per heavy atom. The first-order chi connectivity index (χ1) is 12.9. The molecule has 0 saturated carbocycles. The van der Waals surface area contributed by atoms with Gasteiger partial charge >= 0.3 is 5.97 Å². The van der Waals surface area contributed by atoms with Gasteiger partial charge in [0.05, 0.1) is 18.5 Å². The lowest BCUT2D eigenvalue weighted by Crippen LogP contribution is -2.34. The predicted octanol–water partition coefficient (Wildman–Crippen LogP) is 2.72. The van der Waals surface area contributed by atoms with Crippen molar-refractivity contribution in [3.8, 4) is 0 Å². The molecule has 0 unspecified atom stereocenters. The second-order valence-electron chi connectivity index (χ2n) is 6.16. The summed E-state index contributed by atoms with van der Waals surface area (Å²) in [4.78, 5) is 38.4. The van der Waals surface area contributed by atoms with Crippen LogP contribution in [0.1, 0.15) is 43.5 Å². The highest BCUT2D eigenvalue weighted by Gasteiger charge is 2.18. The van der Waals surface area contributed by atoms with Gasteiger partial charge in [-0.2, -0.15) is 0 Å². The van der Waals surface area contributed by atoms with Crippen molar-refractivity contribution >= 4 is 17.6 Å². The molecular formula is C19H29N3O5. The fourth-order valence-corrected chi connectivity index (χ4v) is 2.73. The minimum atomic E-state index is -0.503. The third kappa shape index (κ3) is 7.74. The highest BCUT2D eigenvalue weighted by Crippen LogP contribution is 2.14. The van der Waals surface area contributed by atoms with Gasteiger partial charge in [0.25, 0.3) is 11.6 Å². The smallest absolute Gasteiger partial charge is 0.307 e. The number of non-ortho nitro benzene ring substituents is 1. The minimum Gasteiger partial charge on any atom is -0.469 e. The summed E-state index contributed by atoms with van der Waals surface area (Å²) in [6.45, 7) is 7.95. The average Bonchev–Trinajstić information content (AvgIpc) is 2.69. The molecule has 0 aromatic heterocycles. The standard InChI is InChI=1S/C19H29N3O5/c1-4-20(5-2)13-6-7-14-21(15-12-18(23)27-3)19(24)16-8-10-17(11-9-16)22(25)26/h8-11H,4-7,12-15H2,1-3H3. The third-order valence-electron chi connectivity index (χ3n) is 4.47. The fourth-order valence-electron chi connectivity index (χ4n) is 2.73. The first-order valence-corrected chi connectivity index (χ1v) is 9.25. The Bertz CT molecular complexity index is 614. The van der Waals surface area contributed by atoms with Crippen LogP contribution in [0.3, 0.4) is 0 Å². The van der Waals surface area contributed by atoms with E-state index in [-0.39, 0.29) is 30.5 Å². The van der Waals surface area contributed by atoms with E-state index in [0.29, 0.717) is 12.1 Å². The third-order valence-corrected chi connectivity index (χ3v) is 4.47. The molecule has 0 atom stereocenters. The normalized spacial score (nSPS) is 10.7. The summed E-state index contributed by atoms with van der Waals surface area (Å²) >= 11 is 0. The van der Waals surface area contributed by atoms with Crippen molar-refractivity contribution in [3.05, 3.63) is 39.9 Å². The van der Waals surface area contributed by atoms with Crippen LogP contribution in [-0.4, -0.2) is 66.4 Å². The number of esters is 1. The van der Waals surface area contributed by atoms with E-state index in [0.717, 1.165) is 32.5 Å². The van der Waals surface area contributed by atoms with Gasteiger partial charge < -0.3 is 14.5 Å². The molecule has 1 aromatic carbocycles. The van der Waals surface area contributed by atoms with Gasteiger partial charge in [0, 0.05) is 30.8 Å². The van der Waals surface area contributed by atoms with Crippen LogP contribution in [0.25, 0.3) is 0 Å². The zero-order valence-electron chi connectivity index (χ0n) is 16.3. The van der Waals surface area contributed by atoms with Gasteiger partial charge in [0.15, 0.2) is 0 Å². The first kappa shape index (κ1) is 22.6. The van der Waals surface area contributed by atoms with Crippen LogP contribution in [0.2, 0.25) is 0 Å². The topological polar surface area (TPSA) is 93.0 Å². The largest absolute Gasteiger partial charge is 0.469 e. The SMILES string of the molecule is CCN(CC)CCCCN(CCC(=O)OC)C(=O)c1ccc([N+](=O)[O-])cc1. The number of benzene rings is 1. The number of unbranched alkanes of at least 4 members (excludes halogenated alkanes) is 1. The number of amides is 1. The Kier molecular flexibility index (Phi) is 10.0. The van der Waals surface area contributed by atoms with E-state index < -0.39 is 4.92 Å². The van der Waals surface area contributed by atoms with E-state index in [2.05, 4.69) is 23.5 Å². The monoisotopic (exact) mass is 379 g/mol. The molecule has 8 nitrogen and oxygen atoms in total. The van der Waals surface area contributed by atoms with Gasteiger partial charge in [-0.1, -0.05) is 13.8 Å². The molecule has 0 spiro atoms. The van der Waals surface area contributed by atoms with Gasteiger partial charge in [-0.05, 0) is 44.6 Å². The fraction of sp³-hybridized carbons (Fsp3) is 0.579. The number of nitrogens with zero attached hydrogens (tertiary/aromatic N) is 3. The lowest BCUT2D eigenvalue weighted by molar-refractivity contribution is -0.384. The highest BCUT2D eigenvalue weighted by atomic mass is 16.6. The minimum absolute atomic E-state index is 0.0631. The molecule has 0 aliphatic heterocycles. The summed E-state index contributed by atoms with van der Waals surface area (Å²) in [7, 11) is 1.31. The van der Waals surface area contributed by atoms with Gasteiger partial charge in [-0.3, -0.25) is 19.7 Å². The first-order valence-electron chi connectivity index (χ1n) is 9.25. The summed E-state index contributed by atoms with van der Waals surface area (Å²) in [6.07, 6.45) is 1.88. The predicted molar refractivity (Wildman–Crippen MR) is 103 cm³/mol. The van der Waals surface area contributed by atoms with Crippen LogP contribution >= 0.6 is 0 Å². The second-order valence-corrected chi connectivity index (χ2v) is 6.16. The van der Waals surface area contributed by atoms with Crippen LogP contribution in [-0.2, 0) is 9.53 Å². The summed E-state index contributed by atoms with van der Waals surface area (Å²) in [5, 5.41) is 10.8.